The summed E-state index contributed by atoms with van der Waals surface area (Å²) in [6, 6.07) is 5.23. The molecule has 7 heteroatoms. The van der Waals surface area contributed by atoms with Crippen LogP contribution in [0.3, 0.4) is 0 Å². The van der Waals surface area contributed by atoms with Gasteiger partial charge in [-0.25, -0.2) is 4.79 Å². The predicted octanol–water partition coefficient (Wildman–Crippen LogP) is 0.306. The van der Waals surface area contributed by atoms with Gasteiger partial charge in [-0.05, 0) is 25.1 Å². The van der Waals surface area contributed by atoms with Crippen LogP contribution in [0.15, 0.2) is 32.2 Å². The Labute approximate surface area is 106 Å². The minimum absolute atomic E-state index is 0.184. The molecule has 0 bridgehead atoms. The molecule has 5 N–H and O–H groups in total. The number of aromatic amines is 3. The summed E-state index contributed by atoms with van der Waals surface area (Å²) in [6.07, 6.45) is 0.475. The van der Waals surface area contributed by atoms with Gasteiger partial charge in [-0.1, -0.05) is 6.07 Å². The van der Waals surface area contributed by atoms with E-state index in [9.17, 15) is 9.59 Å². The van der Waals surface area contributed by atoms with Gasteiger partial charge in [0.15, 0.2) is 5.58 Å². The van der Waals surface area contributed by atoms with Gasteiger partial charge in [-0.2, -0.15) is 0 Å². The Morgan fingerprint density at radius 1 is 1.21 bits per heavy atom. The monoisotopic (exact) mass is 260 g/mol. The number of H-pyrrole nitrogens is 3. The van der Waals surface area contributed by atoms with Gasteiger partial charge in [0.05, 0.1) is 11.2 Å². The van der Waals surface area contributed by atoms with E-state index in [0.717, 1.165) is 5.56 Å². The zero-order chi connectivity index (χ0) is 13.4. The number of nitrogens with two attached hydrogens (primary N) is 1. The van der Waals surface area contributed by atoms with Gasteiger partial charge in [-0.15, -0.1) is 0 Å². The number of fused-ring (bicyclic) bond motifs is 1. The Hall–Kier alpha value is -2.54. The van der Waals surface area contributed by atoms with E-state index in [1.54, 1.807) is 18.2 Å². The number of benzene rings is 1. The largest absolute Gasteiger partial charge is 0.417 e. The molecule has 2 aromatic heterocycles. The van der Waals surface area contributed by atoms with Crippen LogP contribution in [0, 0.1) is 0 Å². The second-order valence-corrected chi connectivity index (χ2v) is 4.20. The van der Waals surface area contributed by atoms with Crippen molar-refractivity contribution >= 4 is 11.1 Å². The van der Waals surface area contributed by atoms with E-state index in [1.165, 1.54) is 0 Å². The van der Waals surface area contributed by atoms with Gasteiger partial charge < -0.3 is 10.2 Å². The van der Waals surface area contributed by atoms with Gasteiger partial charge in [0.1, 0.15) is 0 Å². The molecule has 3 rings (SSSR count). The molecule has 2 heterocycles. The highest BCUT2D eigenvalue weighted by Gasteiger charge is 2.12. The molecular formula is C12H12N4O3. The number of rotatable bonds is 3. The predicted molar refractivity (Wildman–Crippen MR) is 70.0 cm³/mol. The average molecular weight is 260 g/mol. The van der Waals surface area contributed by atoms with Crippen molar-refractivity contribution in [3.63, 3.8) is 0 Å². The number of hydrogen-bond acceptors (Lipinski definition) is 4. The van der Waals surface area contributed by atoms with Crippen LogP contribution >= 0.6 is 0 Å². The van der Waals surface area contributed by atoms with E-state index >= 15 is 0 Å². The van der Waals surface area contributed by atoms with Crippen LogP contribution in [0.2, 0.25) is 0 Å². The molecule has 3 aromatic rings. The molecule has 0 spiro atoms. The van der Waals surface area contributed by atoms with Crippen LogP contribution in [0.1, 0.15) is 5.56 Å². The molecular weight excluding hydrogens is 248 g/mol. The Morgan fingerprint density at radius 2 is 2.05 bits per heavy atom. The second-order valence-electron chi connectivity index (χ2n) is 4.20. The van der Waals surface area contributed by atoms with E-state index in [4.69, 9.17) is 10.2 Å². The lowest BCUT2D eigenvalue weighted by atomic mass is 10.1. The minimum atomic E-state index is -0.503. The first-order chi connectivity index (χ1) is 9.19. The van der Waals surface area contributed by atoms with Gasteiger partial charge >= 0.3 is 5.76 Å². The maximum absolute atomic E-state index is 11.6. The van der Waals surface area contributed by atoms with E-state index < -0.39 is 5.76 Å². The molecule has 0 aliphatic carbocycles. The lowest BCUT2D eigenvalue weighted by Crippen LogP contribution is -2.12. The highest BCUT2D eigenvalue weighted by Crippen LogP contribution is 2.23. The van der Waals surface area contributed by atoms with Gasteiger partial charge in [0.25, 0.3) is 5.56 Å². The van der Waals surface area contributed by atoms with Crippen molar-refractivity contribution in [3.8, 4) is 11.3 Å². The van der Waals surface area contributed by atoms with Gasteiger partial charge in [0, 0.05) is 11.1 Å². The highest BCUT2D eigenvalue weighted by molar-refractivity contribution is 5.79. The molecule has 98 valence electrons. The fourth-order valence-corrected chi connectivity index (χ4v) is 2.11. The molecule has 0 atom stereocenters. The Balaban J connectivity index is 2.18. The van der Waals surface area contributed by atoms with Crippen molar-refractivity contribution < 1.29 is 4.42 Å². The zero-order valence-corrected chi connectivity index (χ0v) is 9.95. The second kappa shape index (κ2) is 4.29. The lowest BCUT2D eigenvalue weighted by Gasteiger charge is -2.01. The first kappa shape index (κ1) is 11.5. The quantitative estimate of drug-likeness (QED) is 0.541. The Morgan fingerprint density at radius 3 is 2.84 bits per heavy atom. The molecule has 0 saturated heterocycles. The molecule has 0 saturated carbocycles. The third-order valence-electron chi connectivity index (χ3n) is 2.98. The maximum atomic E-state index is 11.6. The molecule has 7 nitrogen and oxygen atoms in total. The minimum Gasteiger partial charge on any atom is -0.408 e. The molecule has 1 aromatic carbocycles. The number of aromatic nitrogens is 3. The van der Waals surface area contributed by atoms with Crippen LogP contribution < -0.4 is 17.0 Å². The smallest absolute Gasteiger partial charge is 0.408 e. The van der Waals surface area contributed by atoms with E-state index in [1.807, 2.05) is 0 Å². The fraction of sp³-hybridized carbons (Fsp3) is 0.167. The summed E-state index contributed by atoms with van der Waals surface area (Å²) >= 11 is 0. The number of nitrogens with one attached hydrogen (secondary N) is 3. The molecule has 0 radical (unpaired) electrons. The van der Waals surface area contributed by atoms with E-state index in [0.29, 0.717) is 35.3 Å². The van der Waals surface area contributed by atoms with Crippen LogP contribution in [0.5, 0.6) is 0 Å². The Kier molecular flexibility index (Phi) is 2.60. The first-order valence-corrected chi connectivity index (χ1v) is 5.82. The summed E-state index contributed by atoms with van der Waals surface area (Å²) < 4.78 is 5.00. The summed E-state index contributed by atoms with van der Waals surface area (Å²) in [5.41, 5.74) is 8.40. The lowest BCUT2D eigenvalue weighted by molar-refractivity contribution is 0.555. The van der Waals surface area contributed by atoms with Gasteiger partial charge in [0.2, 0.25) is 0 Å². The summed E-state index contributed by atoms with van der Waals surface area (Å²) in [4.78, 5) is 25.3. The van der Waals surface area contributed by atoms with Crippen LogP contribution in [-0.4, -0.2) is 21.7 Å². The molecule has 0 aliphatic heterocycles. The molecule has 19 heavy (non-hydrogen) atoms. The average Bonchev–Trinajstić information content (AvgIpc) is 2.92. The van der Waals surface area contributed by atoms with Crippen LogP contribution in [0.25, 0.3) is 22.4 Å². The first-order valence-electron chi connectivity index (χ1n) is 5.82. The van der Waals surface area contributed by atoms with Crippen molar-refractivity contribution in [2.24, 2.45) is 5.73 Å². The third-order valence-corrected chi connectivity index (χ3v) is 2.98. The van der Waals surface area contributed by atoms with E-state index in [2.05, 4.69) is 15.2 Å². The fourth-order valence-electron chi connectivity index (χ4n) is 2.11. The molecule has 0 amide bonds. The van der Waals surface area contributed by atoms with Crippen molar-refractivity contribution in [2.75, 3.05) is 6.54 Å². The summed E-state index contributed by atoms with van der Waals surface area (Å²) in [6.45, 7) is 0.384. The molecule has 0 fully saturated rings. The van der Waals surface area contributed by atoms with E-state index in [-0.39, 0.29) is 5.56 Å². The molecule has 0 unspecified atom stereocenters. The Bertz CT molecular complexity index is 836. The van der Waals surface area contributed by atoms with Crippen molar-refractivity contribution in [1.29, 1.82) is 0 Å². The standard InChI is InChI=1S/C12H12N4O3/c13-4-3-7-10(15-16-11(7)17)6-1-2-8-9(5-6)19-12(18)14-8/h1-2,5H,3-4,13H2,(H,14,18)(H2,15,16,17). The van der Waals surface area contributed by atoms with Crippen LogP contribution in [0.4, 0.5) is 0 Å². The van der Waals surface area contributed by atoms with Crippen molar-refractivity contribution in [1.82, 2.24) is 15.2 Å². The maximum Gasteiger partial charge on any atom is 0.417 e. The zero-order valence-electron chi connectivity index (χ0n) is 9.95. The highest BCUT2D eigenvalue weighted by atomic mass is 16.4. The summed E-state index contributed by atoms with van der Waals surface area (Å²) in [5, 5.41) is 5.36. The van der Waals surface area contributed by atoms with Gasteiger partial charge in [-0.3, -0.25) is 20.0 Å². The van der Waals surface area contributed by atoms with Crippen LogP contribution in [-0.2, 0) is 6.42 Å². The number of oxazole rings is 1. The molecule has 0 aliphatic rings. The van der Waals surface area contributed by atoms with Crippen molar-refractivity contribution in [2.45, 2.75) is 6.42 Å². The summed E-state index contributed by atoms with van der Waals surface area (Å²) in [5.74, 6) is -0.503. The van der Waals surface area contributed by atoms with Crippen molar-refractivity contribution in [3.05, 3.63) is 44.7 Å². The number of hydrogen-bond donors (Lipinski definition) is 4. The normalized spacial score (nSPS) is 11.2. The third kappa shape index (κ3) is 1.89. The summed E-state index contributed by atoms with van der Waals surface area (Å²) in [7, 11) is 0. The topological polar surface area (TPSA) is 121 Å². The SMILES string of the molecule is NCCc1c(-c2ccc3[nH]c(=O)oc3c2)[nH][nH]c1=O.